The molecule has 0 amide bonds. The molecule has 114 valence electrons. The molecular weight excluding hydrogens is 328 g/mol. The van der Waals surface area contributed by atoms with E-state index in [0.717, 1.165) is 16.9 Å². The van der Waals surface area contributed by atoms with Crippen LogP contribution in [0.5, 0.6) is 0 Å². The molecule has 4 nitrogen and oxygen atoms in total. The summed E-state index contributed by atoms with van der Waals surface area (Å²) in [6.45, 7) is 4.11. The van der Waals surface area contributed by atoms with E-state index in [1.54, 1.807) is 24.5 Å². The molecule has 2 rings (SSSR count). The molecule has 1 N–H and O–H groups in total. The average Bonchev–Trinajstić information content (AvgIpc) is 2.86. The Balaban J connectivity index is 2.27. The van der Waals surface area contributed by atoms with Gasteiger partial charge in [-0.05, 0) is 36.1 Å². The van der Waals surface area contributed by atoms with Gasteiger partial charge in [0, 0.05) is 18.4 Å². The monoisotopic (exact) mass is 344 g/mol. The van der Waals surface area contributed by atoms with Crippen molar-refractivity contribution in [3.63, 3.8) is 0 Å². The van der Waals surface area contributed by atoms with Crippen LogP contribution in [0.25, 0.3) is 0 Å². The molecular formula is C14H17ClN2O2S2. The van der Waals surface area contributed by atoms with E-state index < -0.39 is 10.0 Å². The summed E-state index contributed by atoms with van der Waals surface area (Å²) in [5, 5.41) is 0. The lowest BCUT2D eigenvalue weighted by molar-refractivity contribution is 0.472. The molecule has 0 aliphatic carbocycles. The van der Waals surface area contributed by atoms with Gasteiger partial charge in [-0.15, -0.1) is 11.3 Å². The van der Waals surface area contributed by atoms with Crippen molar-refractivity contribution in [1.29, 1.82) is 0 Å². The summed E-state index contributed by atoms with van der Waals surface area (Å²) in [4.78, 5) is 4.07. The summed E-state index contributed by atoms with van der Waals surface area (Å²) in [5.74, 6) is 0.352. The molecule has 1 atom stereocenters. The van der Waals surface area contributed by atoms with Gasteiger partial charge in [0.2, 0.25) is 0 Å². The highest BCUT2D eigenvalue weighted by molar-refractivity contribution is 7.91. The average molecular weight is 345 g/mol. The Morgan fingerprint density at radius 1 is 1.33 bits per heavy atom. The first-order valence-electron chi connectivity index (χ1n) is 6.56. The maximum atomic E-state index is 12.4. The lowest BCUT2D eigenvalue weighted by Crippen LogP contribution is -2.29. The van der Waals surface area contributed by atoms with E-state index in [1.165, 1.54) is 6.07 Å². The Bertz CT molecular complexity index is 684. The predicted molar refractivity (Wildman–Crippen MR) is 86.1 cm³/mol. The van der Waals surface area contributed by atoms with E-state index in [9.17, 15) is 8.42 Å². The Kier molecular flexibility index (Phi) is 5.37. The topological polar surface area (TPSA) is 59.1 Å². The van der Waals surface area contributed by atoms with Gasteiger partial charge < -0.3 is 0 Å². The third kappa shape index (κ3) is 4.51. The number of pyridine rings is 1. The van der Waals surface area contributed by atoms with Gasteiger partial charge in [0.15, 0.2) is 0 Å². The summed E-state index contributed by atoms with van der Waals surface area (Å²) in [6, 6.07) is 6.49. The van der Waals surface area contributed by atoms with E-state index in [4.69, 9.17) is 11.6 Å². The van der Waals surface area contributed by atoms with Crippen molar-refractivity contribution in [2.75, 3.05) is 0 Å². The van der Waals surface area contributed by atoms with Crippen LogP contribution in [-0.2, 0) is 10.0 Å². The number of halogens is 1. The predicted octanol–water partition coefficient (Wildman–Crippen LogP) is 3.86. The van der Waals surface area contributed by atoms with Gasteiger partial charge in [-0.2, -0.15) is 0 Å². The van der Waals surface area contributed by atoms with Gasteiger partial charge >= 0.3 is 0 Å². The SMILES string of the molecule is CC(C)CC(NS(=O)(=O)c1ccc(Cl)s1)c1cccnc1. The lowest BCUT2D eigenvalue weighted by atomic mass is 9.99. The summed E-state index contributed by atoms with van der Waals surface area (Å²) >= 11 is 6.87. The fourth-order valence-electron chi connectivity index (χ4n) is 1.99. The van der Waals surface area contributed by atoms with Crippen LogP contribution < -0.4 is 4.72 Å². The molecule has 1 unspecified atom stereocenters. The fourth-order valence-corrected chi connectivity index (χ4v) is 4.73. The second kappa shape index (κ2) is 6.87. The zero-order chi connectivity index (χ0) is 15.5. The van der Waals surface area contributed by atoms with Gasteiger partial charge in [0.25, 0.3) is 10.0 Å². The van der Waals surface area contributed by atoms with Crippen LogP contribution >= 0.6 is 22.9 Å². The third-order valence-electron chi connectivity index (χ3n) is 2.90. The number of nitrogens with one attached hydrogen (secondary N) is 1. The lowest BCUT2D eigenvalue weighted by Gasteiger charge is -2.20. The van der Waals surface area contributed by atoms with Gasteiger partial charge in [-0.25, -0.2) is 13.1 Å². The van der Waals surface area contributed by atoms with Crippen molar-refractivity contribution in [2.24, 2.45) is 5.92 Å². The highest BCUT2D eigenvalue weighted by Crippen LogP contribution is 2.28. The maximum absolute atomic E-state index is 12.4. The van der Waals surface area contributed by atoms with Crippen molar-refractivity contribution in [2.45, 2.75) is 30.5 Å². The van der Waals surface area contributed by atoms with Crippen molar-refractivity contribution in [3.05, 3.63) is 46.6 Å². The van der Waals surface area contributed by atoms with Crippen LogP contribution in [0.4, 0.5) is 0 Å². The van der Waals surface area contributed by atoms with E-state index in [0.29, 0.717) is 16.7 Å². The molecule has 2 aromatic rings. The van der Waals surface area contributed by atoms with E-state index in [2.05, 4.69) is 23.6 Å². The first-order valence-corrected chi connectivity index (χ1v) is 9.24. The summed E-state index contributed by atoms with van der Waals surface area (Å²) in [6.07, 6.45) is 4.06. The second-order valence-corrected chi connectivity index (χ2v) is 8.80. The third-order valence-corrected chi connectivity index (χ3v) is 6.10. The Morgan fingerprint density at radius 3 is 2.62 bits per heavy atom. The standard InChI is InChI=1S/C14H17ClN2O2S2/c1-10(2)8-12(11-4-3-7-16-9-11)17-21(18,19)14-6-5-13(15)20-14/h3-7,9-10,12,17H,8H2,1-2H3. The fraction of sp³-hybridized carbons (Fsp3) is 0.357. The highest BCUT2D eigenvalue weighted by Gasteiger charge is 2.23. The summed E-state index contributed by atoms with van der Waals surface area (Å²) in [5.41, 5.74) is 0.859. The van der Waals surface area contributed by atoms with Gasteiger partial charge in [0.05, 0.1) is 4.34 Å². The molecule has 7 heteroatoms. The number of rotatable bonds is 6. The molecule has 0 saturated carbocycles. The Hall–Kier alpha value is -0.950. The molecule has 0 aliphatic heterocycles. The summed E-state index contributed by atoms with van der Waals surface area (Å²) in [7, 11) is -3.58. The maximum Gasteiger partial charge on any atom is 0.250 e. The van der Waals surface area contributed by atoms with Crippen LogP contribution in [0.1, 0.15) is 31.9 Å². The van der Waals surface area contributed by atoms with E-state index >= 15 is 0 Å². The van der Waals surface area contributed by atoms with Crippen LogP contribution in [-0.4, -0.2) is 13.4 Å². The number of thiophene rings is 1. The van der Waals surface area contributed by atoms with Crippen LogP contribution in [0.15, 0.2) is 40.9 Å². The quantitative estimate of drug-likeness (QED) is 0.865. The molecule has 0 aliphatic rings. The minimum absolute atomic E-state index is 0.227. The van der Waals surface area contributed by atoms with Crippen molar-refractivity contribution in [3.8, 4) is 0 Å². The van der Waals surface area contributed by atoms with Gasteiger partial charge in [-0.1, -0.05) is 31.5 Å². The number of hydrogen-bond donors (Lipinski definition) is 1. The molecule has 2 heterocycles. The molecule has 0 saturated heterocycles. The van der Waals surface area contributed by atoms with Gasteiger partial charge in [-0.3, -0.25) is 4.98 Å². The number of aromatic nitrogens is 1. The Labute approximate surface area is 134 Å². The van der Waals surface area contributed by atoms with Crippen LogP contribution in [0.2, 0.25) is 4.34 Å². The smallest absolute Gasteiger partial charge is 0.250 e. The first-order chi connectivity index (χ1) is 9.88. The number of sulfonamides is 1. The second-order valence-electron chi connectivity index (χ2n) is 5.15. The number of nitrogens with zero attached hydrogens (tertiary/aromatic N) is 1. The zero-order valence-corrected chi connectivity index (χ0v) is 14.2. The van der Waals surface area contributed by atoms with E-state index in [-0.39, 0.29) is 10.3 Å². The van der Waals surface area contributed by atoms with Crippen molar-refractivity contribution in [1.82, 2.24) is 9.71 Å². The zero-order valence-electron chi connectivity index (χ0n) is 11.8. The Morgan fingerprint density at radius 2 is 2.10 bits per heavy atom. The normalized spacial score (nSPS) is 13.5. The number of hydrogen-bond acceptors (Lipinski definition) is 4. The van der Waals surface area contributed by atoms with Crippen molar-refractivity contribution >= 4 is 33.0 Å². The molecule has 0 aromatic carbocycles. The minimum atomic E-state index is -3.58. The summed E-state index contributed by atoms with van der Waals surface area (Å²) < 4.78 is 28.3. The molecule has 21 heavy (non-hydrogen) atoms. The van der Waals surface area contributed by atoms with E-state index in [1.807, 2.05) is 6.07 Å². The van der Waals surface area contributed by atoms with Crippen LogP contribution in [0, 0.1) is 5.92 Å². The molecule has 2 aromatic heterocycles. The molecule has 0 spiro atoms. The highest BCUT2D eigenvalue weighted by atomic mass is 35.5. The first kappa shape index (κ1) is 16.4. The largest absolute Gasteiger partial charge is 0.264 e. The molecule has 0 fully saturated rings. The van der Waals surface area contributed by atoms with Crippen molar-refractivity contribution < 1.29 is 8.42 Å². The minimum Gasteiger partial charge on any atom is -0.264 e. The molecule has 0 bridgehead atoms. The van der Waals surface area contributed by atoms with Gasteiger partial charge in [0.1, 0.15) is 4.21 Å². The van der Waals surface area contributed by atoms with Crippen LogP contribution in [0.3, 0.4) is 0 Å². The molecule has 0 radical (unpaired) electrons.